The molecule has 0 aliphatic carbocycles. The number of nitrogens with zero attached hydrogens (tertiary/aromatic N) is 2. The van der Waals surface area contributed by atoms with E-state index >= 15 is 0 Å². The zero-order valence-corrected chi connectivity index (χ0v) is 24.8. The lowest BCUT2D eigenvalue weighted by Gasteiger charge is -2.26. The molecule has 1 aliphatic heterocycles. The van der Waals surface area contributed by atoms with Gasteiger partial charge < -0.3 is 35.9 Å². The lowest BCUT2D eigenvalue weighted by Crippen LogP contribution is -2.51. The number of carbonyl (C=O) groups excluding carboxylic acids is 2. The number of H-pyrrole nitrogens is 1. The molecule has 4 rings (SSSR count). The maximum atomic E-state index is 13.2. The minimum absolute atomic E-state index is 0.107. The van der Waals surface area contributed by atoms with Crippen molar-refractivity contribution in [2.45, 2.75) is 50.2 Å². The van der Waals surface area contributed by atoms with Crippen molar-refractivity contribution in [1.82, 2.24) is 20.2 Å². The van der Waals surface area contributed by atoms with Crippen molar-refractivity contribution in [2.75, 3.05) is 20.3 Å². The monoisotopic (exact) mass is 677 g/mol. The van der Waals surface area contributed by atoms with Gasteiger partial charge in [0.15, 0.2) is 0 Å². The zero-order chi connectivity index (χ0) is 35.4. The van der Waals surface area contributed by atoms with Crippen LogP contribution in [0.5, 0.6) is 0 Å². The van der Waals surface area contributed by atoms with Gasteiger partial charge >= 0.3 is 24.3 Å². The number of aromatic nitrogens is 2. The highest BCUT2D eigenvalue weighted by Gasteiger charge is 2.41. The van der Waals surface area contributed by atoms with Gasteiger partial charge in [-0.3, -0.25) is 14.6 Å². The number of aromatic amines is 1. The third-order valence-corrected chi connectivity index (χ3v) is 6.69. The Bertz CT molecular complexity index is 1430. The van der Waals surface area contributed by atoms with Crippen molar-refractivity contribution >= 4 is 34.7 Å². The molecule has 0 radical (unpaired) electrons. The minimum Gasteiger partial charge on any atom is -0.475 e. The number of carboxylic acids is 2. The maximum absolute atomic E-state index is 13.2. The van der Waals surface area contributed by atoms with E-state index in [1.165, 1.54) is 0 Å². The van der Waals surface area contributed by atoms with Crippen LogP contribution in [-0.2, 0) is 36.9 Å². The summed E-state index contributed by atoms with van der Waals surface area (Å²) >= 11 is 0. The van der Waals surface area contributed by atoms with Crippen molar-refractivity contribution in [3.05, 3.63) is 66.1 Å². The van der Waals surface area contributed by atoms with E-state index in [9.17, 15) is 35.9 Å². The third kappa shape index (κ3) is 12.5. The third-order valence-electron chi connectivity index (χ3n) is 6.69. The number of rotatable bonds is 9. The number of hydrogen-bond donors (Lipinski definition) is 5. The number of fused-ring (bicyclic) bond motifs is 1. The van der Waals surface area contributed by atoms with Crippen LogP contribution in [-0.4, -0.2) is 93.5 Å². The fourth-order valence-electron chi connectivity index (χ4n) is 4.50. The Hall–Kier alpha value is -4.71. The van der Waals surface area contributed by atoms with Crippen molar-refractivity contribution in [3.8, 4) is 0 Å². The van der Waals surface area contributed by atoms with E-state index in [1.807, 2.05) is 42.5 Å². The standard InChI is InChI=1S/C25H31N5O3.2C2HF3O2/c1-33-16-18-11-23(24(31)28-14-20-12-19-13-27-10-9-22(19)29-20)30(15-18)25(32)21(26)8-7-17-5-3-2-4-6-17;2*3-2(4,5)1(6)7/h2-6,9-10,12-13,18,21,23,29H,7-8,11,14-16,26H2,1H3,(H,28,31);2*(H,6,7)/t18-,21?,23-;;/m0../s1. The molecule has 18 heteroatoms. The number of nitrogens with one attached hydrogen (secondary N) is 2. The van der Waals surface area contributed by atoms with Gasteiger partial charge in [0.25, 0.3) is 0 Å². The molecule has 3 heterocycles. The number of methoxy groups -OCH3 is 1. The molecule has 0 bridgehead atoms. The molecule has 1 aromatic carbocycles. The zero-order valence-electron chi connectivity index (χ0n) is 24.8. The molecule has 2 aromatic heterocycles. The molecule has 3 atom stereocenters. The Balaban J connectivity index is 0.000000459. The molecule has 1 fully saturated rings. The van der Waals surface area contributed by atoms with E-state index in [4.69, 9.17) is 30.3 Å². The number of halogens is 6. The maximum Gasteiger partial charge on any atom is 0.490 e. The number of amides is 2. The number of pyridine rings is 1. The molecule has 1 unspecified atom stereocenters. The fourth-order valence-corrected chi connectivity index (χ4v) is 4.50. The van der Waals surface area contributed by atoms with Gasteiger partial charge in [-0.05, 0) is 37.0 Å². The predicted molar refractivity (Wildman–Crippen MR) is 154 cm³/mol. The van der Waals surface area contributed by atoms with Gasteiger partial charge in [-0.2, -0.15) is 26.3 Å². The van der Waals surface area contributed by atoms with Gasteiger partial charge in [0.2, 0.25) is 11.8 Å². The number of carboxylic acid groups (broad SMARTS) is 2. The first-order valence-electron chi connectivity index (χ1n) is 13.8. The van der Waals surface area contributed by atoms with E-state index in [2.05, 4.69) is 15.3 Å². The lowest BCUT2D eigenvalue weighted by molar-refractivity contribution is -0.193. The number of nitrogens with two attached hydrogens (primary N) is 1. The van der Waals surface area contributed by atoms with Crippen molar-refractivity contribution in [3.63, 3.8) is 0 Å². The second-order valence-corrected chi connectivity index (χ2v) is 10.3. The average molecular weight is 678 g/mol. The number of ether oxygens (including phenoxy) is 1. The Morgan fingerprint density at radius 2 is 1.66 bits per heavy atom. The van der Waals surface area contributed by atoms with Gasteiger partial charge in [0.05, 0.1) is 19.2 Å². The first kappa shape index (κ1) is 38.5. The van der Waals surface area contributed by atoms with Gasteiger partial charge in [-0.1, -0.05) is 30.3 Å². The number of likely N-dealkylation sites (tertiary alicyclic amines) is 1. The molecular weight excluding hydrogens is 644 g/mol. The summed E-state index contributed by atoms with van der Waals surface area (Å²) in [4.78, 5) is 53.1. The number of alkyl halides is 6. The molecule has 6 N–H and O–H groups in total. The Morgan fingerprint density at radius 1 is 1.06 bits per heavy atom. The summed E-state index contributed by atoms with van der Waals surface area (Å²) in [5, 5.41) is 18.2. The number of benzene rings is 1. The summed E-state index contributed by atoms with van der Waals surface area (Å²) in [6, 6.07) is 12.6. The summed E-state index contributed by atoms with van der Waals surface area (Å²) in [6.45, 7) is 1.32. The van der Waals surface area contributed by atoms with E-state index in [0.717, 1.165) is 28.6 Å². The first-order chi connectivity index (χ1) is 21.9. The quantitative estimate of drug-likeness (QED) is 0.212. The number of aliphatic carboxylic acids is 2. The topological polar surface area (TPSA) is 188 Å². The van der Waals surface area contributed by atoms with Crippen LogP contribution in [0.3, 0.4) is 0 Å². The molecule has 47 heavy (non-hydrogen) atoms. The molecule has 258 valence electrons. The number of hydrogen-bond acceptors (Lipinski definition) is 7. The molecule has 12 nitrogen and oxygen atoms in total. The number of aryl methyl sites for hydroxylation is 1. The molecule has 1 aliphatic rings. The van der Waals surface area contributed by atoms with Crippen LogP contribution in [0.1, 0.15) is 24.1 Å². The molecular formula is C29H33F6N5O7. The minimum atomic E-state index is -5.08. The molecule has 0 saturated carbocycles. The fraction of sp³-hybridized carbons (Fsp3) is 0.414. The van der Waals surface area contributed by atoms with Gasteiger partial charge in [0, 0.05) is 48.6 Å². The lowest BCUT2D eigenvalue weighted by atomic mass is 10.0. The summed E-state index contributed by atoms with van der Waals surface area (Å²) in [5.74, 6) is -5.76. The van der Waals surface area contributed by atoms with Crippen LogP contribution in [0, 0.1) is 5.92 Å². The molecule has 1 saturated heterocycles. The van der Waals surface area contributed by atoms with Crippen LogP contribution >= 0.6 is 0 Å². The number of carbonyl (C=O) groups is 4. The molecule has 3 aromatic rings. The van der Waals surface area contributed by atoms with E-state index in [-0.39, 0.29) is 17.7 Å². The summed E-state index contributed by atoms with van der Waals surface area (Å²) in [5.41, 5.74) is 9.26. The van der Waals surface area contributed by atoms with Crippen LogP contribution < -0.4 is 11.1 Å². The van der Waals surface area contributed by atoms with Crippen LogP contribution in [0.15, 0.2) is 54.9 Å². The van der Waals surface area contributed by atoms with Crippen molar-refractivity contribution in [2.24, 2.45) is 11.7 Å². The molecule has 0 spiro atoms. The highest BCUT2D eigenvalue weighted by Crippen LogP contribution is 2.25. The Morgan fingerprint density at radius 3 is 2.19 bits per heavy atom. The first-order valence-corrected chi connectivity index (χ1v) is 13.8. The summed E-state index contributed by atoms with van der Waals surface area (Å²) < 4.78 is 68.8. The normalized spacial score (nSPS) is 16.7. The second kappa shape index (κ2) is 17.3. The van der Waals surface area contributed by atoms with Gasteiger partial charge in [0.1, 0.15) is 6.04 Å². The SMILES string of the molecule is COC[C@H]1C[C@@H](C(=O)NCc2cc3cnccc3[nH]2)N(C(=O)C(N)CCc2ccccc2)C1.O=C(O)C(F)(F)F.O=C(O)C(F)(F)F. The second-order valence-electron chi connectivity index (χ2n) is 10.3. The van der Waals surface area contributed by atoms with E-state index in [1.54, 1.807) is 24.4 Å². The van der Waals surface area contributed by atoms with Crippen LogP contribution in [0.2, 0.25) is 0 Å². The van der Waals surface area contributed by atoms with Crippen molar-refractivity contribution in [1.29, 1.82) is 0 Å². The van der Waals surface area contributed by atoms with Gasteiger partial charge in [-0.15, -0.1) is 0 Å². The Kier molecular flexibility index (Phi) is 14.1. The van der Waals surface area contributed by atoms with E-state index in [0.29, 0.717) is 32.5 Å². The van der Waals surface area contributed by atoms with Crippen LogP contribution in [0.4, 0.5) is 26.3 Å². The summed E-state index contributed by atoms with van der Waals surface area (Å²) in [7, 11) is 1.63. The average Bonchev–Trinajstić information content (AvgIpc) is 3.63. The van der Waals surface area contributed by atoms with Crippen molar-refractivity contribution < 1.29 is 60.5 Å². The highest BCUT2D eigenvalue weighted by atomic mass is 19.4. The largest absolute Gasteiger partial charge is 0.490 e. The Labute approximate surface area is 263 Å². The highest BCUT2D eigenvalue weighted by molar-refractivity contribution is 5.90. The van der Waals surface area contributed by atoms with Gasteiger partial charge in [-0.25, -0.2) is 9.59 Å². The molecule has 2 amide bonds. The predicted octanol–water partition coefficient (Wildman–Crippen LogP) is 3.27. The van der Waals surface area contributed by atoms with Crippen LogP contribution in [0.25, 0.3) is 10.9 Å². The summed E-state index contributed by atoms with van der Waals surface area (Å²) in [6.07, 6.45) is -4.85. The van der Waals surface area contributed by atoms with E-state index < -0.39 is 36.4 Å². The smallest absolute Gasteiger partial charge is 0.475 e.